The zero-order valence-electron chi connectivity index (χ0n) is 16.6. The quantitative estimate of drug-likeness (QED) is 0.686. The van der Waals surface area contributed by atoms with Gasteiger partial charge in [0, 0.05) is 11.1 Å². The topological polar surface area (TPSA) is 93.1 Å². The van der Waals surface area contributed by atoms with Crippen LogP contribution in [0.25, 0.3) is 11.1 Å². The highest BCUT2D eigenvalue weighted by Crippen LogP contribution is 2.36. The van der Waals surface area contributed by atoms with E-state index in [-0.39, 0.29) is 58.8 Å². The first-order valence-corrected chi connectivity index (χ1v) is 9.19. The number of phenolic OH excluding ortho intramolecular Hbond substituents is 2. The van der Waals surface area contributed by atoms with Gasteiger partial charge in [-0.2, -0.15) is 0 Å². The molecule has 2 N–H and O–H groups in total. The van der Waals surface area contributed by atoms with Crippen LogP contribution in [0.4, 0.5) is 0 Å². The van der Waals surface area contributed by atoms with Gasteiger partial charge in [0.2, 0.25) is 0 Å². The van der Waals surface area contributed by atoms with E-state index in [4.69, 9.17) is 9.47 Å². The molecule has 2 aromatic rings. The summed E-state index contributed by atoms with van der Waals surface area (Å²) >= 11 is 0. The van der Waals surface area contributed by atoms with E-state index in [0.29, 0.717) is 0 Å². The highest BCUT2D eigenvalue weighted by molar-refractivity contribution is 5.95. The van der Waals surface area contributed by atoms with Crippen LogP contribution in [0.3, 0.4) is 0 Å². The zero-order chi connectivity index (χ0) is 20.8. The Morgan fingerprint density at radius 2 is 1.11 bits per heavy atom. The lowest BCUT2D eigenvalue weighted by molar-refractivity contribution is 0.0450. The van der Waals surface area contributed by atoms with E-state index in [2.05, 4.69) is 0 Å². The van der Waals surface area contributed by atoms with Crippen molar-refractivity contribution >= 4 is 11.9 Å². The van der Waals surface area contributed by atoms with Crippen molar-refractivity contribution < 1.29 is 29.3 Å². The molecule has 0 bridgehead atoms. The second-order valence-electron chi connectivity index (χ2n) is 7.45. The third kappa shape index (κ3) is 5.49. The molecule has 150 valence electrons. The number of benzene rings is 2. The molecule has 2 aromatic carbocycles. The van der Waals surface area contributed by atoms with Gasteiger partial charge in [0.1, 0.15) is 11.5 Å². The summed E-state index contributed by atoms with van der Waals surface area (Å²) < 4.78 is 10.4. The average molecular weight is 386 g/mol. The highest BCUT2D eigenvalue weighted by Gasteiger charge is 2.17. The fourth-order valence-corrected chi connectivity index (χ4v) is 2.41. The molecule has 0 heterocycles. The van der Waals surface area contributed by atoms with Gasteiger partial charge in [-0.05, 0) is 48.2 Å². The molecule has 28 heavy (non-hydrogen) atoms. The van der Waals surface area contributed by atoms with Gasteiger partial charge >= 0.3 is 11.9 Å². The fraction of sp³-hybridized carbons (Fsp3) is 0.364. The molecular weight excluding hydrogens is 360 g/mol. The van der Waals surface area contributed by atoms with Crippen molar-refractivity contribution in [2.45, 2.75) is 27.7 Å². The second-order valence-corrected chi connectivity index (χ2v) is 7.45. The summed E-state index contributed by atoms with van der Waals surface area (Å²) in [6, 6.07) is 8.44. The van der Waals surface area contributed by atoms with Gasteiger partial charge in [-0.25, -0.2) is 9.59 Å². The third-order valence-electron chi connectivity index (χ3n) is 3.85. The predicted octanol–water partition coefficient (Wildman–Crippen LogP) is 4.39. The summed E-state index contributed by atoms with van der Waals surface area (Å²) in [6.45, 7) is 8.26. The Kier molecular flexibility index (Phi) is 7.04. The van der Waals surface area contributed by atoms with Gasteiger partial charge in [-0.15, -0.1) is 0 Å². The van der Waals surface area contributed by atoms with Gasteiger partial charge in [-0.1, -0.05) is 27.7 Å². The number of phenols is 2. The summed E-state index contributed by atoms with van der Waals surface area (Å²) in [6.07, 6.45) is 0. The Morgan fingerprint density at radius 3 is 1.43 bits per heavy atom. The maximum Gasteiger partial charge on any atom is 0.338 e. The zero-order valence-corrected chi connectivity index (χ0v) is 16.6. The molecule has 6 nitrogen and oxygen atoms in total. The average Bonchev–Trinajstić information content (AvgIpc) is 2.65. The number of ether oxygens (including phenoxy) is 2. The Bertz CT molecular complexity index is 783. The number of rotatable bonds is 7. The Hall–Kier alpha value is -3.02. The van der Waals surface area contributed by atoms with Crippen molar-refractivity contribution in [3.05, 3.63) is 47.5 Å². The molecule has 0 unspecified atom stereocenters. The van der Waals surface area contributed by atoms with Gasteiger partial charge in [-0.3, -0.25) is 0 Å². The largest absolute Gasteiger partial charge is 0.507 e. The third-order valence-corrected chi connectivity index (χ3v) is 3.85. The van der Waals surface area contributed by atoms with Crippen LogP contribution in [0.2, 0.25) is 0 Å². The maximum absolute atomic E-state index is 12.2. The van der Waals surface area contributed by atoms with Crippen LogP contribution in [-0.2, 0) is 9.47 Å². The number of hydrogen-bond donors (Lipinski definition) is 2. The first-order valence-electron chi connectivity index (χ1n) is 9.19. The highest BCUT2D eigenvalue weighted by atomic mass is 16.5. The Balaban J connectivity index is 2.35. The van der Waals surface area contributed by atoms with E-state index in [1.54, 1.807) is 0 Å². The van der Waals surface area contributed by atoms with Crippen molar-refractivity contribution in [3.63, 3.8) is 0 Å². The number of esters is 2. The van der Waals surface area contributed by atoms with E-state index in [1.165, 1.54) is 36.4 Å². The van der Waals surface area contributed by atoms with E-state index in [9.17, 15) is 19.8 Å². The minimum absolute atomic E-state index is 0.136. The lowest BCUT2D eigenvalue weighted by Gasteiger charge is -2.12. The van der Waals surface area contributed by atoms with E-state index < -0.39 is 11.9 Å². The normalized spacial score (nSPS) is 10.9. The second kappa shape index (κ2) is 9.26. The first-order chi connectivity index (χ1) is 13.2. The molecule has 0 aliphatic carbocycles. The van der Waals surface area contributed by atoms with E-state index in [0.717, 1.165) is 0 Å². The molecule has 0 aliphatic rings. The van der Waals surface area contributed by atoms with Crippen molar-refractivity contribution in [2.24, 2.45) is 11.8 Å². The number of carbonyl (C=O) groups excluding carboxylic acids is 2. The molecule has 0 saturated carbocycles. The van der Waals surface area contributed by atoms with Crippen LogP contribution in [0.15, 0.2) is 36.4 Å². The summed E-state index contributed by atoms with van der Waals surface area (Å²) in [5.74, 6) is -0.938. The van der Waals surface area contributed by atoms with Gasteiger partial charge in [0.25, 0.3) is 0 Å². The summed E-state index contributed by atoms with van der Waals surface area (Å²) in [7, 11) is 0. The number of aromatic hydroxyl groups is 2. The smallest absolute Gasteiger partial charge is 0.338 e. The predicted molar refractivity (Wildman–Crippen MR) is 105 cm³/mol. The van der Waals surface area contributed by atoms with E-state index >= 15 is 0 Å². The van der Waals surface area contributed by atoms with Crippen molar-refractivity contribution in [3.8, 4) is 22.6 Å². The van der Waals surface area contributed by atoms with Crippen LogP contribution in [-0.4, -0.2) is 35.4 Å². The molecule has 2 rings (SSSR count). The van der Waals surface area contributed by atoms with Gasteiger partial charge in [0.15, 0.2) is 0 Å². The first kappa shape index (κ1) is 21.3. The van der Waals surface area contributed by atoms with Crippen LogP contribution in [0, 0.1) is 11.8 Å². The van der Waals surface area contributed by atoms with Crippen LogP contribution in [0.5, 0.6) is 11.5 Å². The standard InChI is InChI=1S/C22H26O6/c1-13(2)11-27-21(25)15-5-7-19(23)17(9-15)18-10-16(6-8-20(18)24)22(26)28-12-14(3)4/h5-10,13-14,23-24H,11-12H2,1-4H3. The van der Waals surface area contributed by atoms with Crippen LogP contribution < -0.4 is 0 Å². The van der Waals surface area contributed by atoms with Crippen molar-refractivity contribution in [1.29, 1.82) is 0 Å². The summed E-state index contributed by atoms with van der Waals surface area (Å²) in [4.78, 5) is 24.4. The Labute approximate surface area is 164 Å². The summed E-state index contributed by atoms with van der Waals surface area (Å²) in [5.41, 5.74) is 0.909. The minimum Gasteiger partial charge on any atom is -0.507 e. The molecule has 0 amide bonds. The van der Waals surface area contributed by atoms with Crippen molar-refractivity contribution in [2.75, 3.05) is 13.2 Å². The molecule has 0 radical (unpaired) electrons. The molecule has 0 spiro atoms. The minimum atomic E-state index is -0.526. The van der Waals surface area contributed by atoms with Crippen molar-refractivity contribution in [1.82, 2.24) is 0 Å². The summed E-state index contributed by atoms with van der Waals surface area (Å²) in [5, 5.41) is 20.5. The fourth-order valence-electron chi connectivity index (χ4n) is 2.41. The maximum atomic E-state index is 12.2. The molecule has 0 fully saturated rings. The lowest BCUT2D eigenvalue weighted by atomic mass is 9.99. The lowest BCUT2D eigenvalue weighted by Crippen LogP contribution is -2.10. The molecular formula is C22H26O6. The SMILES string of the molecule is CC(C)COC(=O)c1ccc(O)c(-c2cc(C(=O)OCC(C)C)ccc2O)c1. The van der Waals surface area contributed by atoms with Gasteiger partial charge in [0.05, 0.1) is 24.3 Å². The van der Waals surface area contributed by atoms with Crippen LogP contribution >= 0.6 is 0 Å². The van der Waals surface area contributed by atoms with Gasteiger partial charge < -0.3 is 19.7 Å². The number of hydrogen-bond acceptors (Lipinski definition) is 6. The monoisotopic (exact) mass is 386 g/mol. The Morgan fingerprint density at radius 1 is 0.750 bits per heavy atom. The molecule has 0 saturated heterocycles. The molecule has 0 atom stereocenters. The number of carbonyl (C=O) groups is 2. The molecule has 6 heteroatoms. The van der Waals surface area contributed by atoms with Crippen LogP contribution in [0.1, 0.15) is 48.4 Å². The molecule has 0 aromatic heterocycles. The van der Waals surface area contributed by atoms with E-state index in [1.807, 2.05) is 27.7 Å². The molecule has 0 aliphatic heterocycles.